The number of thiophene rings is 1. The lowest BCUT2D eigenvalue weighted by molar-refractivity contribution is 1.41. The third-order valence-electron chi connectivity index (χ3n) is 2.41. The van der Waals surface area contributed by atoms with Gasteiger partial charge >= 0.3 is 0 Å². The lowest BCUT2D eigenvalue weighted by atomic mass is 10.1. The van der Waals surface area contributed by atoms with Gasteiger partial charge in [0.25, 0.3) is 0 Å². The van der Waals surface area contributed by atoms with Crippen molar-refractivity contribution in [3.05, 3.63) is 40.0 Å². The molecule has 2 heterocycles. The van der Waals surface area contributed by atoms with E-state index in [0.29, 0.717) is 4.88 Å². The number of rotatable bonds is 1. The molecule has 0 unspecified atom stereocenters. The summed E-state index contributed by atoms with van der Waals surface area (Å²) in [7, 11) is 0. The van der Waals surface area contributed by atoms with Crippen LogP contribution in [-0.4, -0.2) is 4.98 Å². The lowest BCUT2D eigenvalue weighted by Gasteiger charge is -1.94. The van der Waals surface area contributed by atoms with E-state index in [4.69, 9.17) is 5.26 Å². The van der Waals surface area contributed by atoms with Crippen molar-refractivity contribution in [1.29, 1.82) is 5.26 Å². The number of benzene rings is 1. The quantitative estimate of drug-likeness (QED) is 0.649. The summed E-state index contributed by atoms with van der Waals surface area (Å²) >= 11 is 3.08. The molecule has 0 bridgehead atoms. The summed E-state index contributed by atoms with van der Waals surface area (Å²) in [5, 5.41) is 12.2. The second-order valence-corrected chi connectivity index (χ2v) is 5.05. The highest BCUT2D eigenvalue weighted by atomic mass is 32.1. The fourth-order valence-electron chi connectivity index (χ4n) is 1.68. The molecule has 0 fully saturated rings. The van der Waals surface area contributed by atoms with E-state index in [2.05, 4.69) is 28.6 Å². The Bertz CT molecular complexity index is 688. The maximum atomic E-state index is 9.00. The van der Waals surface area contributed by atoms with Crippen LogP contribution in [0.4, 0.5) is 0 Å². The number of nitriles is 1. The van der Waals surface area contributed by atoms with Gasteiger partial charge in [-0.3, -0.25) is 0 Å². The molecule has 1 aromatic carbocycles. The van der Waals surface area contributed by atoms with Gasteiger partial charge in [-0.1, -0.05) is 18.2 Å². The molecule has 0 aliphatic carbocycles. The summed E-state index contributed by atoms with van der Waals surface area (Å²) in [6, 6.07) is 10.4. The van der Waals surface area contributed by atoms with Gasteiger partial charge in [0.1, 0.15) is 16.6 Å². The van der Waals surface area contributed by atoms with Gasteiger partial charge in [-0.2, -0.15) is 5.26 Å². The Hall–Kier alpha value is -1.70. The Morgan fingerprint density at radius 3 is 2.94 bits per heavy atom. The molecule has 76 valence electrons. The normalized spacial score (nSPS) is 10.4. The Balaban J connectivity index is 2.31. The molecule has 16 heavy (non-hydrogen) atoms. The zero-order valence-electron chi connectivity index (χ0n) is 8.18. The van der Waals surface area contributed by atoms with E-state index in [9.17, 15) is 0 Å². The number of hydrogen-bond donors (Lipinski definition) is 0. The second kappa shape index (κ2) is 3.71. The molecular formula is C12H6N2S2. The average molecular weight is 242 g/mol. The van der Waals surface area contributed by atoms with Crippen molar-refractivity contribution in [1.82, 2.24) is 4.98 Å². The van der Waals surface area contributed by atoms with Gasteiger partial charge in [-0.05, 0) is 6.07 Å². The van der Waals surface area contributed by atoms with Gasteiger partial charge in [0, 0.05) is 21.0 Å². The van der Waals surface area contributed by atoms with Crippen LogP contribution in [0.3, 0.4) is 0 Å². The van der Waals surface area contributed by atoms with E-state index in [0.717, 1.165) is 11.3 Å². The fourth-order valence-corrected chi connectivity index (χ4v) is 3.21. The van der Waals surface area contributed by atoms with Crippen molar-refractivity contribution in [2.24, 2.45) is 0 Å². The number of fused-ring (bicyclic) bond motifs is 1. The Morgan fingerprint density at radius 1 is 1.19 bits per heavy atom. The molecule has 3 aromatic rings. The molecule has 0 N–H and O–H groups in total. The minimum Gasteiger partial charge on any atom is -0.243 e. The molecule has 3 rings (SSSR count). The zero-order valence-corrected chi connectivity index (χ0v) is 9.81. The summed E-state index contributed by atoms with van der Waals surface area (Å²) in [6.45, 7) is 0. The lowest BCUT2D eigenvalue weighted by Crippen LogP contribution is -1.78. The van der Waals surface area contributed by atoms with Crippen LogP contribution < -0.4 is 0 Å². The summed E-state index contributed by atoms with van der Waals surface area (Å²) in [5.41, 5.74) is 3.60. The van der Waals surface area contributed by atoms with Crippen LogP contribution in [0.25, 0.3) is 21.3 Å². The maximum Gasteiger partial charge on any atom is 0.132 e. The van der Waals surface area contributed by atoms with Gasteiger partial charge in [0.05, 0.1) is 5.51 Å². The maximum absolute atomic E-state index is 9.00. The number of hydrogen-bond acceptors (Lipinski definition) is 4. The third-order valence-corrected chi connectivity index (χ3v) is 4.10. The van der Waals surface area contributed by atoms with Crippen LogP contribution in [0.15, 0.2) is 35.2 Å². The van der Waals surface area contributed by atoms with Crippen molar-refractivity contribution < 1.29 is 0 Å². The minimum atomic E-state index is 0.684. The molecule has 0 atom stereocenters. The van der Waals surface area contributed by atoms with Crippen LogP contribution in [0.5, 0.6) is 0 Å². The van der Waals surface area contributed by atoms with Crippen molar-refractivity contribution in [2.75, 3.05) is 0 Å². The molecule has 0 spiro atoms. The standard InChI is InChI=1S/C12H6N2S2/c13-5-11-12(14-7-16-11)9-6-15-10-4-2-1-3-8(9)10/h1-4,6-7H. The highest BCUT2D eigenvalue weighted by molar-refractivity contribution is 7.17. The largest absolute Gasteiger partial charge is 0.243 e. The first-order valence-corrected chi connectivity index (χ1v) is 6.46. The summed E-state index contributed by atoms with van der Waals surface area (Å²) < 4.78 is 1.23. The van der Waals surface area contributed by atoms with E-state index < -0.39 is 0 Å². The van der Waals surface area contributed by atoms with Gasteiger partial charge in [0.2, 0.25) is 0 Å². The van der Waals surface area contributed by atoms with Crippen LogP contribution in [-0.2, 0) is 0 Å². The van der Waals surface area contributed by atoms with Gasteiger partial charge in [-0.25, -0.2) is 4.98 Å². The molecule has 2 nitrogen and oxygen atoms in total. The predicted molar refractivity (Wildman–Crippen MR) is 67.6 cm³/mol. The zero-order chi connectivity index (χ0) is 11.0. The van der Waals surface area contributed by atoms with E-state index in [1.54, 1.807) is 16.8 Å². The number of aromatic nitrogens is 1. The topological polar surface area (TPSA) is 36.7 Å². The first kappa shape index (κ1) is 9.52. The van der Waals surface area contributed by atoms with Gasteiger partial charge in [0.15, 0.2) is 0 Å². The first-order chi connectivity index (χ1) is 7.90. The van der Waals surface area contributed by atoms with Gasteiger partial charge < -0.3 is 0 Å². The van der Waals surface area contributed by atoms with Gasteiger partial charge in [-0.15, -0.1) is 22.7 Å². The SMILES string of the molecule is N#Cc1scnc1-c1csc2ccccc12. The molecule has 0 amide bonds. The fraction of sp³-hybridized carbons (Fsp3) is 0. The van der Waals surface area contributed by atoms with E-state index in [1.807, 2.05) is 12.1 Å². The molecule has 0 saturated heterocycles. The highest BCUT2D eigenvalue weighted by Crippen LogP contribution is 2.35. The first-order valence-electron chi connectivity index (χ1n) is 4.70. The molecule has 0 aliphatic heterocycles. The van der Waals surface area contributed by atoms with Crippen molar-refractivity contribution in [3.63, 3.8) is 0 Å². The molecule has 2 aromatic heterocycles. The molecule has 0 radical (unpaired) electrons. The molecular weight excluding hydrogens is 236 g/mol. The van der Waals surface area contributed by atoms with Crippen LogP contribution >= 0.6 is 22.7 Å². The van der Waals surface area contributed by atoms with Crippen LogP contribution in [0.1, 0.15) is 4.88 Å². The summed E-state index contributed by atoms with van der Waals surface area (Å²) in [4.78, 5) is 4.97. The number of thiazole rings is 1. The van der Waals surface area contributed by atoms with Crippen LogP contribution in [0, 0.1) is 11.3 Å². The third kappa shape index (κ3) is 1.33. The second-order valence-electron chi connectivity index (χ2n) is 3.29. The molecule has 0 aliphatic rings. The predicted octanol–water partition coefficient (Wildman–Crippen LogP) is 3.90. The van der Waals surface area contributed by atoms with E-state index >= 15 is 0 Å². The Labute approximate surface area is 100 Å². The number of nitrogens with zero attached hydrogens (tertiary/aromatic N) is 2. The van der Waals surface area contributed by atoms with Crippen molar-refractivity contribution >= 4 is 32.8 Å². The average Bonchev–Trinajstić information content (AvgIpc) is 2.94. The van der Waals surface area contributed by atoms with Crippen LogP contribution in [0.2, 0.25) is 0 Å². The van der Waals surface area contributed by atoms with E-state index in [-0.39, 0.29) is 0 Å². The monoisotopic (exact) mass is 242 g/mol. The Morgan fingerprint density at radius 2 is 2.06 bits per heavy atom. The highest BCUT2D eigenvalue weighted by Gasteiger charge is 2.12. The molecule has 0 saturated carbocycles. The van der Waals surface area contributed by atoms with E-state index in [1.165, 1.54) is 21.4 Å². The van der Waals surface area contributed by atoms with Crippen molar-refractivity contribution in [3.8, 4) is 17.3 Å². The minimum absolute atomic E-state index is 0.684. The smallest absolute Gasteiger partial charge is 0.132 e. The molecule has 4 heteroatoms. The summed E-state index contributed by atoms with van der Waals surface area (Å²) in [6.07, 6.45) is 0. The summed E-state index contributed by atoms with van der Waals surface area (Å²) in [5.74, 6) is 0. The Kier molecular flexibility index (Phi) is 2.21. The van der Waals surface area contributed by atoms with Crippen molar-refractivity contribution in [2.45, 2.75) is 0 Å².